The van der Waals surface area contributed by atoms with Crippen molar-refractivity contribution in [3.63, 3.8) is 0 Å². The Kier molecular flexibility index (Phi) is 4.98. The van der Waals surface area contributed by atoms with Crippen LogP contribution >= 0.6 is 0 Å². The Bertz CT molecular complexity index is 315. The highest BCUT2D eigenvalue weighted by molar-refractivity contribution is 5.57. The molecule has 0 fully saturated rings. The first kappa shape index (κ1) is 12.7. The van der Waals surface area contributed by atoms with Gasteiger partial charge < -0.3 is 15.7 Å². The zero-order valence-electron chi connectivity index (χ0n) is 9.93. The number of nitrogen functional groups attached to an aromatic ring is 1. The average molecular weight is 224 g/mol. The minimum Gasteiger partial charge on any atom is -0.395 e. The number of aromatic nitrogens is 2. The van der Waals surface area contributed by atoms with Crippen molar-refractivity contribution < 1.29 is 5.11 Å². The number of hydrogen-bond acceptors (Lipinski definition) is 5. The zero-order valence-corrected chi connectivity index (χ0v) is 9.93. The van der Waals surface area contributed by atoms with Gasteiger partial charge in [-0.1, -0.05) is 13.8 Å². The smallest absolute Gasteiger partial charge is 0.171 e. The van der Waals surface area contributed by atoms with E-state index in [-0.39, 0.29) is 6.61 Å². The van der Waals surface area contributed by atoms with Crippen molar-refractivity contribution in [1.29, 1.82) is 0 Å². The molecule has 1 aromatic heterocycles. The molecule has 1 aromatic rings. The van der Waals surface area contributed by atoms with Gasteiger partial charge in [0.05, 0.1) is 6.61 Å². The molecule has 0 aliphatic heterocycles. The van der Waals surface area contributed by atoms with Crippen LogP contribution in [0.5, 0.6) is 0 Å². The molecule has 1 rings (SSSR count). The Morgan fingerprint density at radius 1 is 1.31 bits per heavy atom. The summed E-state index contributed by atoms with van der Waals surface area (Å²) in [5, 5.41) is 9.10. The van der Waals surface area contributed by atoms with Crippen LogP contribution in [0.25, 0.3) is 0 Å². The maximum absolute atomic E-state index is 9.10. The second kappa shape index (κ2) is 6.27. The molecule has 16 heavy (non-hydrogen) atoms. The molecule has 1 heterocycles. The summed E-state index contributed by atoms with van der Waals surface area (Å²) in [6.45, 7) is 4.86. The lowest BCUT2D eigenvalue weighted by Crippen LogP contribution is -2.38. The summed E-state index contributed by atoms with van der Waals surface area (Å²) in [6, 6.07) is 0.339. The van der Waals surface area contributed by atoms with Crippen molar-refractivity contribution in [2.45, 2.75) is 32.7 Å². The molecule has 0 aromatic carbocycles. The molecule has 5 nitrogen and oxygen atoms in total. The lowest BCUT2D eigenvalue weighted by Gasteiger charge is -2.31. The molecule has 3 N–H and O–H groups in total. The molecular weight excluding hydrogens is 204 g/mol. The van der Waals surface area contributed by atoms with E-state index in [1.807, 2.05) is 4.90 Å². The Morgan fingerprint density at radius 3 is 2.44 bits per heavy atom. The standard InChI is InChI=1S/C11H20N4O/c1-3-9(4-2)15(7-8-16)11-10(12)13-5-6-14-11/h5-6,9,16H,3-4,7-8H2,1-2H3,(H2,12,13). The fourth-order valence-corrected chi connectivity index (χ4v) is 1.86. The Balaban J connectivity index is 2.97. The van der Waals surface area contributed by atoms with E-state index < -0.39 is 0 Å². The third kappa shape index (κ3) is 2.82. The van der Waals surface area contributed by atoms with Crippen LogP contribution in [-0.2, 0) is 0 Å². The van der Waals surface area contributed by atoms with E-state index in [9.17, 15) is 0 Å². The van der Waals surface area contributed by atoms with Crippen LogP contribution in [0.2, 0.25) is 0 Å². The first-order valence-electron chi connectivity index (χ1n) is 5.68. The van der Waals surface area contributed by atoms with Crippen LogP contribution in [0, 0.1) is 0 Å². The molecule has 0 aliphatic rings. The van der Waals surface area contributed by atoms with Gasteiger partial charge in [0.1, 0.15) is 0 Å². The normalized spacial score (nSPS) is 10.8. The maximum Gasteiger partial charge on any atom is 0.171 e. The second-order valence-electron chi connectivity index (χ2n) is 3.65. The predicted octanol–water partition coefficient (Wildman–Crippen LogP) is 1.05. The highest BCUT2D eigenvalue weighted by atomic mass is 16.3. The van der Waals surface area contributed by atoms with E-state index >= 15 is 0 Å². The fourth-order valence-electron chi connectivity index (χ4n) is 1.86. The van der Waals surface area contributed by atoms with Crippen LogP contribution in [0.15, 0.2) is 12.4 Å². The van der Waals surface area contributed by atoms with E-state index in [1.165, 1.54) is 0 Å². The Morgan fingerprint density at radius 2 is 1.94 bits per heavy atom. The van der Waals surface area contributed by atoms with Crippen LogP contribution in [-0.4, -0.2) is 34.3 Å². The number of anilines is 2. The van der Waals surface area contributed by atoms with Crippen molar-refractivity contribution >= 4 is 11.6 Å². The second-order valence-corrected chi connectivity index (χ2v) is 3.65. The van der Waals surface area contributed by atoms with E-state index in [2.05, 4.69) is 23.8 Å². The predicted molar refractivity (Wildman–Crippen MR) is 65.2 cm³/mol. The third-order valence-corrected chi connectivity index (χ3v) is 2.70. The molecular formula is C11H20N4O. The molecule has 0 aliphatic carbocycles. The summed E-state index contributed by atoms with van der Waals surface area (Å²) in [5.41, 5.74) is 5.80. The van der Waals surface area contributed by atoms with Crippen molar-refractivity contribution in [3.05, 3.63) is 12.4 Å². The molecule has 0 saturated carbocycles. The minimum absolute atomic E-state index is 0.0898. The van der Waals surface area contributed by atoms with Gasteiger partial charge in [-0.05, 0) is 12.8 Å². The number of aliphatic hydroxyl groups is 1. The highest BCUT2D eigenvalue weighted by Crippen LogP contribution is 2.21. The van der Waals surface area contributed by atoms with Gasteiger partial charge in [0.2, 0.25) is 0 Å². The Labute approximate surface area is 96.3 Å². The summed E-state index contributed by atoms with van der Waals surface area (Å²) >= 11 is 0. The highest BCUT2D eigenvalue weighted by Gasteiger charge is 2.18. The largest absolute Gasteiger partial charge is 0.395 e. The van der Waals surface area contributed by atoms with Gasteiger partial charge in [-0.2, -0.15) is 0 Å². The first-order valence-corrected chi connectivity index (χ1v) is 5.68. The van der Waals surface area contributed by atoms with E-state index in [0.29, 0.717) is 24.2 Å². The number of nitrogens with two attached hydrogens (primary N) is 1. The first-order chi connectivity index (χ1) is 7.74. The molecule has 0 unspecified atom stereocenters. The SMILES string of the molecule is CCC(CC)N(CCO)c1nccnc1N. The quantitative estimate of drug-likeness (QED) is 0.755. The molecule has 5 heteroatoms. The molecule has 0 bridgehead atoms. The summed E-state index contributed by atoms with van der Waals surface area (Å²) in [5.74, 6) is 1.09. The number of aliphatic hydroxyl groups excluding tert-OH is 1. The summed E-state index contributed by atoms with van der Waals surface area (Å²) < 4.78 is 0. The van der Waals surface area contributed by atoms with Crippen molar-refractivity contribution in [1.82, 2.24) is 9.97 Å². The molecule has 0 radical (unpaired) electrons. The van der Waals surface area contributed by atoms with Gasteiger partial charge in [-0.25, -0.2) is 9.97 Å². The monoisotopic (exact) mass is 224 g/mol. The molecule has 90 valence electrons. The van der Waals surface area contributed by atoms with Crippen molar-refractivity contribution in [2.75, 3.05) is 23.8 Å². The van der Waals surface area contributed by atoms with E-state index in [0.717, 1.165) is 12.8 Å². The van der Waals surface area contributed by atoms with Gasteiger partial charge in [-0.15, -0.1) is 0 Å². The molecule has 0 saturated heterocycles. The van der Waals surface area contributed by atoms with Crippen LogP contribution < -0.4 is 10.6 Å². The van der Waals surface area contributed by atoms with Gasteiger partial charge in [0.25, 0.3) is 0 Å². The zero-order chi connectivity index (χ0) is 12.0. The number of rotatable bonds is 6. The van der Waals surface area contributed by atoms with E-state index in [4.69, 9.17) is 10.8 Å². The van der Waals surface area contributed by atoms with Gasteiger partial charge >= 0.3 is 0 Å². The van der Waals surface area contributed by atoms with Crippen LogP contribution in [0.3, 0.4) is 0 Å². The van der Waals surface area contributed by atoms with Gasteiger partial charge in [0.15, 0.2) is 11.6 Å². The lowest BCUT2D eigenvalue weighted by atomic mass is 10.1. The fraction of sp³-hybridized carbons (Fsp3) is 0.636. The van der Waals surface area contributed by atoms with Crippen LogP contribution in [0.1, 0.15) is 26.7 Å². The summed E-state index contributed by atoms with van der Waals surface area (Å²) in [7, 11) is 0. The Hall–Kier alpha value is -1.36. The van der Waals surface area contributed by atoms with Crippen LogP contribution in [0.4, 0.5) is 11.6 Å². The van der Waals surface area contributed by atoms with Gasteiger partial charge in [0, 0.05) is 25.0 Å². The number of nitrogens with zero attached hydrogens (tertiary/aromatic N) is 3. The summed E-state index contributed by atoms with van der Waals surface area (Å²) in [4.78, 5) is 10.3. The summed E-state index contributed by atoms with van der Waals surface area (Å²) in [6.07, 6.45) is 5.18. The van der Waals surface area contributed by atoms with Gasteiger partial charge in [-0.3, -0.25) is 0 Å². The topological polar surface area (TPSA) is 75.3 Å². The molecule has 0 spiro atoms. The van der Waals surface area contributed by atoms with E-state index in [1.54, 1.807) is 12.4 Å². The average Bonchev–Trinajstić information content (AvgIpc) is 2.30. The van der Waals surface area contributed by atoms with Crippen molar-refractivity contribution in [3.8, 4) is 0 Å². The molecule has 0 atom stereocenters. The molecule has 0 amide bonds. The third-order valence-electron chi connectivity index (χ3n) is 2.70. The minimum atomic E-state index is 0.0898. The van der Waals surface area contributed by atoms with Crippen molar-refractivity contribution in [2.24, 2.45) is 0 Å². The lowest BCUT2D eigenvalue weighted by molar-refractivity contribution is 0.295. The number of hydrogen-bond donors (Lipinski definition) is 2. The maximum atomic E-state index is 9.10.